The lowest BCUT2D eigenvalue weighted by atomic mass is 10.2. The van der Waals surface area contributed by atoms with Gasteiger partial charge in [0.05, 0.1) is 0 Å². The van der Waals surface area contributed by atoms with Gasteiger partial charge in [-0.25, -0.2) is 0 Å². The van der Waals surface area contributed by atoms with Crippen LogP contribution in [-0.2, 0) is 11.3 Å². The van der Waals surface area contributed by atoms with Crippen LogP contribution in [0.25, 0.3) is 0 Å². The Kier molecular flexibility index (Phi) is 10.0. The summed E-state index contributed by atoms with van der Waals surface area (Å²) in [5.74, 6) is 0.994. The van der Waals surface area contributed by atoms with Crippen LogP contribution in [0.2, 0.25) is 0 Å². The van der Waals surface area contributed by atoms with Gasteiger partial charge in [0, 0.05) is 45.2 Å². The van der Waals surface area contributed by atoms with Crippen molar-refractivity contribution in [1.82, 2.24) is 20.9 Å². The molecule has 1 saturated carbocycles. The van der Waals surface area contributed by atoms with Crippen LogP contribution in [-0.4, -0.2) is 55.5 Å². The molecule has 1 heterocycles. The van der Waals surface area contributed by atoms with Gasteiger partial charge in [0.1, 0.15) is 0 Å². The Balaban J connectivity index is 0.00000280. The lowest BCUT2D eigenvalue weighted by molar-refractivity contribution is -0.121. The van der Waals surface area contributed by atoms with Crippen LogP contribution >= 0.6 is 24.0 Å². The molecule has 7 heteroatoms. The van der Waals surface area contributed by atoms with E-state index in [9.17, 15) is 4.79 Å². The molecule has 156 valence electrons. The number of nitrogens with one attached hydrogen (secondary N) is 3. The Hall–Kier alpha value is -1.35. The lowest BCUT2D eigenvalue weighted by Gasteiger charge is -2.25. The van der Waals surface area contributed by atoms with E-state index in [1.165, 1.54) is 18.4 Å². The SMILES string of the molecule is CN=C(NCCCC(=O)NC1CC1)NCC1CCCN1Cc1ccccc1.I. The van der Waals surface area contributed by atoms with E-state index in [1.807, 2.05) is 0 Å². The van der Waals surface area contributed by atoms with Crippen molar-refractivity contribution < 1.29 is 4.79 Å². The van der Waals surface area contributed by atoms with Gasteiger partial charge in [0.15, 0.2) is 5.96 Å². The van der Waals surface area contributed by atoms with Crippen molar-refractivity contribution in [3.05, 3.63) is 35.9 Å². The highest BCUT2D eigenvalue weighted by atomic mass is 127. The smallest absolute Gasteiger partial charge is 0.220 e. The van der Waals surface area contributed by atoms with Crippen LogP contribution in [0.1, 0.15) is 44.1 Å². The first-order valence-corrected chi connectivity index (χ1v) is 10.3. The van der Waals surface area contributed by atoms with E-state index in [0.717, 1.165) is 51.4 Å². The molecule has 3 rings (SSSR count). The first kappa shape index (κ1) is 22.9. The summed E-state index contributed by atoms with van der Waals surface area (Å²) in [7, 11) is 1.80. The number of benzene rings is 1. The average Bonchev–Trinajstić information content (AvgIpc) is 3.39. The van der Waals surface area contributed by atoms with Crippen molar-refractivity contribution in [2.24, 2.45) is 4.99 Å². The summed E-state index contributed by atoms with van der Waals surface area (Å²) in [5, 5.41) is 9.80. The summed E-state index contributed by atoms with van der Waals surface area (Å²) in [6.45, 7) is 3.82. The summed E-state index contributed by atoms with van der Waals surface area (Å²) in [5.41, 5.74) is 1.37. The van der Waals surface area contributed by atoms with Gasteiger partial charge in [0.2, 0.25) is 5.91 Å². The zero-order valence-electron chi connectivity index (χ0n) is 16.8. The number of guanidine groups is 1. The summed E-state index contributed by atoms with van der Waals surface area (Å²) in [6.07, 6.45) is 6.16. The van der Waals surface area contributed by atoms with Gasteiger partial charge in [-0.05, 0) is 44.2 Å². The quantitative estimate of drug-likeness (QED) is 0.212. The average molecular weight is 499 g/mol. The third-order valence-corrected chi connectivity index (χ3v) is 5.27. The van der Waals surface area contributed by atoms with Crippen molar-refractivity contribution in [2.75, 3.05) is 26.7 Å². The first-order valence-electron chi connectivity index (χ1n) is 10.3. The van der Waals surface area contributed by atoms with Crippen LogP contribution in [0.5, 0.6) is 0 Å². The minimum atomic E-state index is 0. The molecule has 0 bridgehead atoms. The van der Waals surface area contributed by atoms with E-state index >= 15 is 0 Å². The number of nitrogens with zero attached hydrogens (tertiary/aromatic N) is 2. The number of halogens is 1. The molecule has 1 amide bonds. The van der Waals surface area contributed by atoms with Gasteiger partial charge in [-0.15, -0.1) is 24.0 Å². The molecule has 1 aromatic carbocycles. The summed E-state index contributed by atoms with van der Waals surface area (Å²) < 4.78 is 0. The molecule has 2 aliphatic rings. The predicted octanol–water partition coefficient (Wildman–Crippen LogP) is 2.49. The van der Waals surface area contributed by atoms with Gasteiger partial charge in [-0.2, -0.15) is 0 Å². The van der Waals surface area contributed by atoms with E-state index in [4.69, 9.17) is 0 Å². The molecular weight excluding hydrogens is 465 g/mol. The Morgan fingerprint density at radius 3 is 2.68 bits per heavy atom. The highest BCUT2D eigenvalue weighted by Gasteiger charge is 2.24. The van der Waals surface area contributed by atoms with Crippen LogP contribution in [0.15, 0.2) is 35.3 Å². The van der Waals surface area contributed by atoms with E-state index in [2.05, 4.69) is 56.2 Å². The fourth-order valence-electron chi connectivity index (χ4n) is 3.57. The van der Waals surface area contributed by atoms with Gasteiger partial charge >= 0.3 is 0 Å². The second kappa shape index (κ2) is 12.3. The molecule has 1 aliphatic heterocycles. The van der Waals surface area contributed by atoms with E-state index in [1.54, 1.807) is 7.05 Å². The Bertz CT molecular complexity index is 620. The number of aliphatic imine (C=N–C) groups is 1. The van der Waals surface area contributed by atoms with Gasteiger partial charge in [-0.3, -0.25) is 14.7 Å². The maximum absolute atomic E-state index is 11.7. The minimum absolute atomic E-state index is 0. The molecule has 1 saturated heterocycles. The first-order chi connectivity index (χ1) is 13.2. The Morgan fingerprint density at radius 2 is 1.96 bits per heavy atom. The van der Waals surface area contributed by atoms with Crippen molar-refractivity contribution in [2.45, 2.75) is 57.2 Å². The molecule has 1 atom stereocenters. The molecule has 2 fully saturated rings. The van der Waals surface area contributed by atoms with Crippen molar-refractivity contribution in [3.63, 3.8) is 0 Å². The highest BCUT2D eigenvalue weighted by molar-refractivity contribution is 14.0. The van der Waals surface area contributed by atoms with Crippen LogP contribution in [0.4, 0.5) is 0 Å². The zero-order chi connectivity index (χ0) is 18.9. The molecule has 1 unspecified atom stereocenters. The monoisotopic (exact) mass is 499 g/mol. The minimum Gasteiger partial charge on any atom is -0.356 e. The third kappa shape index (κ3) is 7.95. The van der Waals surface area contributed by atoms with Crippen LogP contribution < -0.4 is 16.0 Å². The van der Waals surface area contributed by atoms with E-state index in [-0.39, 0.29) is 29.9 Å². The molecule has 0 aromatic heterocycles. The van der Waals surface area contributed by atoms with Crippen molar-refractivity contribution in [3.8, 4) is 0 Å². The number of carbonyl (C=O) groups excluding carboxylic acids is 1. The molecule has 1 aromatic rings. The van der Waals surface area contributed by atoms with Crippen molar-refractivity contribution in [1.29, 1.82) is 0 Å². The number of rotatable bonds is 9. The van der Waals surface area contributed by atoms with Crippen LogP contribution in [0.3, 0.4) is 0 Å². The number of hydrogen-bond donors (Lipinski definition) is 3. The third-order valence-electron chi connectivity index (χ3n) is 5.27. The topological polar surface area (TPSA) is 68.8 Å². The summed E-state index contributed by atoms with van der Waals surface area (Å²) >= 11 is 0. The fraction of sp³-hybridized carbons (Fsp3) is 0.619. The van der Waals surface area contributed by atoms with Gasteiger partial charge in [0.25, 0.3) is 0 Å². The maximum Gasteiger partial charge on any atom is 0.220 e. The zero-order valence-corrected chi connectivity index (χ0v) is 19.2. The lowest BCUT2D eigenvalue weighted by Crippen LogP contribution is -2.45. The number of amides is 1. The van der Waals surface area contributed by atoms with Crippen molar-refractivity contribution >= 4 is 35.8 Å². The Labute approximate surface area is 186 Å². The molecule has 28 heavy (non-hydrogen) atoms. The van der Waals surface area contributed by atoms with Gasteiger partial charge in [-0.1, -0.05) is 30.3 Å². The second-order valence-electron chi connectivity index (χ2n) is 7.58. The van der Waals surface area contributed by atoms with Crippen LogP contribution in [0, 0.1) is 0 Å². The van der Waals surface area contributed by atoms with E-state index < -0.39 is 0 Å². The fourth-order valence-corrected chi connectivity index (χ4v) is 3.57. The predicted molar refractivity (Wildman–Crippen MR) is 125 cm³/mol. The van der Waals surface area contributed by atoms with E-state index in [0.29, 0.717) is 18.5 Å². The Morgan fingerprint density at radius 1 is 1.18 bits per heavy atom. The normalized spacial score (nSPS) is 19.8. The highest BCUT2D eigenvalue weighted by Crippen LogP contribution is 2.19. The second-order valence-corrected chi connectivity index (χ2v) is 7.58. The summed E-state index contributed by atoms with van der Waals surface area (Å²) in [6, 6.07) is 11.7. The number of carbonyl (C=O) groups is 1. The number of hydrogen-bond acceptors (Lipinski definition) is 3. The number of likely N-dealkylation sites (tertiary alicyclic amines) is 1. The molecular formula is C21H34IN5O. The standard InChI is InChI=1S/C21H33N5O.HI/c1-22-21(23-13-5-10-20(27)25-18-11-12-18)24-15-19-9-6-14-26(19)16-17-7-3-2-4-8-17;/h2-4,7-8,18-19H,5-6,9-16H2,1H3,(H,25,27)(H2,22,23,24);1H. The molecule has 6 nitrogen and oxygen atoms in total. The molecule has 1 aliphatic carbocycles. The largest absolute Gasteiger partial charge is 0.356 e. The van der Waals surface area contributed by atoms with Gasteiger partial charge < -0.3 is 16.0 Å². The summed E-state index contributed by atoms with van der Waals surface area (Å²) in [4.78, 5) is 18.6. The molecule has 3 N–H and O–H groups in total. The molecule has 0 spiro atoms. The molecule has 0 radical (unpaired) electrons. The maximum atomic E-state index is 11.7.